The van der Waals surface area contributed by atoms with Gasteiger partial charge in [-0.05, 0) is 28.3 Å². The summed E-state index contributed by atoms with van der Waals surface area (Å²) in [6, 6.07) is 17.0. The lowest BCUT2D eigenvalue weighted by Crippen LogP contribution is -2.40. The standard InChI is InChI=1S/C22H22F2N4O.ClH/c23-22(24)12-20(26-15-22)21(29)25-13-18-4-1-2-5-19(18)17-8-6-16(7-9-17)14-28-11-3-10-27-28;/h1-11,20,26H,12-15H2,(H,25,29);1H. The quantitative estimate of drug-likeness (QED) is 0.625. The van der Waals surface area contributed by atoms with Crippen LogP contribution in [0.3, 0.4) is 0 Å². The van der Waals surface area contributed by atoms with Gasteiger partial charge in [0.05, 0.1) is 19.1 Å². The third-order valence-corrected chi connectivity index (χ3v) is 5.07. The Morgan fingerprint density at radius 3 is 2.60 bits per heavy atom. The van der Waals surface area contributed by atoms with Crippen LogP contribution in [0.15, 0.2) is 67.0 Å². The molecule has 2 heterocycles. The second kappa shape index (κ2) is 9.36. The maximum absolute atomic E-state index is 13.3. The van der Waals surface area contributed by atoms with Gasteiger partial charge in [0.2, 0.25) is 5.91 Å². The van der Waals surface area contributed by atoms with Crippen LogP contribution in [0.4, 0.5) is 8.78 Å². The van der Waals surface area contributed by atoms with Crippen LogP contribution in [-0.4, -0.2) is 34.2 Å². The van der Waals surface area contributed by atoms with E-state index in [-0.39, 0.29) is 19.0 Å². The number of nitrogens with zero attached hydrogens (tertiary/aromatic N) is 2. The molecule has 3 aromatic rings. The summed E-state index contributed by atoms with van der Waals surface area (Å²) in [6.07, 6.45) is 3.21. The smallest absolute Gasteiger partial charge is 0.262 e. The van der Waals surface area contributed by atoms with Gasteiger partial charge in [-0.1, -0.05) is 48.5 Å². The van der Waals surface area contributed by atoms with Crippen LogP contribution in [0.25, 0.3) is 11.1 Å². The highest BCUT2D eigenvalue weighted by atomic mass is 35.5. The van der Waals surface area contributed by atoms with E-state index in [2.05, 4.69) is 27.9 Å². The van der Waals surface area contributed by atoms with Crippen molar-refractivity contribution < 1.29 is 13.6 Å². The maximum atomic E-state index is 13.3. The van der Waals surface area contributed by atoms with E-state index < -0.39 is 30.8 Å². The Kier molecular flexibility index (Phi) is 6.84. The number of carbonyl (C=O) groups is 1. The van der Waals surface area contributed by atoms with Gasteiger partial charge in [-0.25, -0.2) is 8.78 Å². The highest BCUT2D eigenvalue weighted by Crippen LogP contribution is 2.26. The molecule has 30 heavy (non-hydrogen) atoms. The van der Waals surface area contributed by atoms with Crippen LogP contribution < -0.4 is 10.6 Å². The van der Waals surface area contributed by atoms with Crippen molar-refractivity contribution in [2.75, 3.05) is 6.54 Å². The van der Waals surface area contributed by atoms with Crippen LogP contribution in [0.1, 0.15) is 17.5 Å². The molecule has 4 rings (SSSR count). The van der Waals surface area contributed by atoms with Crippen molar-refractivity contribution in [3.63, 3.8) is 0 Å². The van der Waals surface area contributed by atoms with Crippen molar-refractivity contribution in [2.24, 2.45) is 0 Å². The Morgan fingerprint density at radius 2 is 1.93 bits per heavy atom. The van der Waals surface area contributed by atoms with Gasteiger partial charge in [0.1, 0.15) is 0 Å². The number of nitrogens with one attached hydrogen (secondary N) is 2. The lowest BCUT2D eigenvalue weighted by molar-refractivity contribution is -0.123. The van der Waals surface area contributed by atoms with Crippen LogP contribution in [-0.2, 0) is 17.9 Å². The summed E-state index contributed by atoms with van der Waals surface area (Å²) < 4.78 is 28.5. The molecule has 2 aromatic carbocycles. The van der Waals surface area contributed by atoms with Crippen molar-refractivity contribution in [2.45, 2.75) is 31.5 Å². The zero-order valence-electron chi connectivity index (χ0n) is 16.2. The molecule has 1 aromatic heterocycles. The molecule has 1 amide bonds. The van der Waals surface area contributed by atoms with Crippen LogP contribution in [0.5, 0.6) is 0 Å². The number of benzene rings is 2. The van der Waals surface area contributed by atoms with Gasteiger partial charge in [-0.15, -0.1) is 12.4 Å². The minimum Gasteiger partial charge on any atom is -0.351 e. The van der Waals surface area contributed by atoms with Crippen LogP contribution in [0, 0.1) is 0 Å². The normalized spacial score (nSPS) is 17.3. The molecular weight excluding hydrogens is 410 g/mol. The van der Waals surface area contributed by atoms with E-state index in [9.17, 15) is 13.6 Å². The molecule has 2 N–H and O–H groups in total. The molecule has 1 fully saturated rings. The molecule has 1 saturated heterocycles. The van der Waals surface area contributed by atoms with E-state index in [1.807, 2.05) is 53.3 Å². The zero-order valence-corrected chi connectivity index (χ0v) is 17.0. The topological polar surface area (TPSA) is 59.0 Å². The molecule has 0 bridgehead atoms. The number of alkyl halides is 2. The van der Waals surface area contributed by atoms with E-state index in [0.29, 0.717) is 6.54 Å². The summed E-state index contributed by atoms with van der Waals surface area (Å²) >= 11 is 0. The summed E-state index contributed by atoms with van der Waals surface area (Å²) in [6.45, 7) is 0.532. The molecule has 5 nitrogen and oxygen atoms in total. The lowest BCUT2D eigenvalue weighted by Gasteiger charge is -2.14. The average molecular weight is 433 g/mol. The minimum absolute atomic E-state index is 0. The first kappa shape index (κ1) is 21.9. The molecule has 1 aliphatic heterocycles. The molecule has 0 aliphatic carbocycles. The first-order chi connectivity index (χ1) is 14.0. The fraction of sp³-hybridized carbons (Fsp3) is 0.273. The Bertz CT molecular complexity index is 977. The van der Waals surface area contributed by atoms with E-state index in [1.165, 1.54) is 0 Å². The van der Waals surface area contributed by atoms with Gasteiger partial charge < -0.3 is 5.32 Å². The van der Waals surface area contributed by atoms with Crippen LogP contribution in [0.2, 0.25) is 0 Å². The number of aromatic nitrogens is 2. The number of carbonyl (C=O) groups excluding carboxylic acids is 1. The monoisotopic (exact) mass is 432 g/mol. The van der Waals surface area contributed by atoms with E-state index in [1.54, 1.807) is 6.20 Å². The molecule has 1 atom stereocenters. The number of amides is 1. The molecule has 1 aliphatic rings. The summed E-state index contributed by atoms with van der Waals surface area (Å²) in [5, 5.41) is 9.58. The van der Waals surface area contributed by atoms with Gasteiger partial charge in [0.15, 0.2) is 0 Å². The molecule has 0 spiro atoms. The SMILES string of the molecule is Cl.O=C(NCc1ccccc1-c1ccc(Cn2cccn2)cc1)C1CC(F)(F)CN1. The molecular formula is C22H23ClF2N4O. The Morgan fingerprint density at radius 1 is 1.17 bits per heavy atom. The average Bonchev–Trinajstić information content (AvgIpc) is 3.36. The second-order valence-electron chi connectivity index (χ2n) is 7.27. The second-order valence-corrected chi connectivity index (χ2v) is 7.27. The van der Waals surface area contributed by atoms with Gasteiger partial charge in [-0.3, -0.25) is 14.8 Å². The summed E-state index contributed by atoms with van der Waals surface area (Å²) in [4.78, 5) is 12.2. The first-order valence-electron chi connectivity index (χ1n) is 9.54. The maximum Gasteiger partial charge on any atom is 0.262 e. The predicted molar refractivity (Wildman–Crippen MR) is 114 cm³/mol. The number of hydrogen-bond acceptors (Lipinski definition) is 3. The lowest BCUT2D eigenvalue weighted by atomic mass is 9.98. The largest absolute Gasteiger partial charge is 0.351 e. The van der Waals surface area contributed by atoms with Crippen LogP contribution >= 0.6 is 12.4 Å². The van der Waals surface area contributed by atoms with Gasteiger partial charge in [0.25, 0.3) is 5.92 Å². The first-order valence-corrected chi connectivity index (χ1v) is 9.54. The Labute approximate surface area is 179 Å². The van der Waals surface area contributed by atoms with Gasteiger partial charge in [-0.2, -0.15) is 5.10 Å². The highest BCUT2D eigenvalue weighted by Gasteiger charge is 2.42. The van der Waals surface area contributed by atoms with Crippen molar-refractivity contribution >= 4 is 18.3 Å². The Hall–Kier alpha value is -2.77. The number of hydrogen-bond donors (Lipinski definition) is 2. The molecule has 158 valence electrons. The summed E-state index contributed by atoms with van der Waals surface area (Å²) in [5.41, 5.74) is 4.11. The molecule has 0 saturated carbocycles. The third-order valence-electron chi connectivity index (χ3n) is 5.07. The fourth-order valence-electron chi connectivity index (χ4n) is 3.53. The van der Waals surface area contributed by atoms with E-state index in [4.69, 9.17) is 0 Å². The number of halogens is 3. The number of rotatable bonds is 6. The summed E-state index contributed by atoms with van der Waals surface area (Å²) in [7, 11) is 0. The van der Waals surface area contributed by atoms with Gasteiger partial charge in [0, 0.05) is 25.4 Å². The highest BCUT2D eigenvalue weighted by molar-refractivity contribution is 5.85. The van der Waals surface area contributed by atoms with Crippen molar-refractivity contribution in [3.05, 3.63) is 78.1 Å². The molecule has 0 radical (unpaired) electrons. The molecule has 8 heteroatoms. The van der Waals surface area contributed by atoms with Crippen molar-refractivity contribution in [3.8, 4) is 11.1 Å². The zero-order chi connectivity index (χ0) is 20.3. The fourth-order valence-corrected chi connectivity index (χ4v) is 3.53. The predicted octanol–water partition coefficient (Wildman–Crippen LogP) is 3.63. The minimum atomic E-state index is -2.82. The molecule has 1 unspecified atom stereocenters. The van der Waals surface area contributed by atoms with Crippen molar-refractivity contribution in [1.82, 2.24) is 20.4 Å². The third kappa shape index (κ3) is 5.23. The summed E-state index contributed by atoms with van der Waals surface area (Å²) in [5.74, 6) is -3.22. The Balaban J connectivity index is 0.00000256. The van der Waals surface area contributed by atoms with Gasteiger partial charge >= 0.3 is 0 Å². The van der Waals surface area contributed by atoms with Crippen molar-refractivity contribution in [1.29, 1.82) is 0 Å². The van der Waals surface area contributed by atoms with E-state index >= 15 is 0 Å². The van der Waals surface area contributed by atoms with E-state index in [0.717, 1.165) is 22.3 Å².